The second kappa shape index (κ2) is 8.10. The lowest BCUT2D eigenvalue weighted by Crippen LogP contribution is -2.57. The summed E-state index contributed by atoms with van der Waals surface area (Å²) in [6.07, 6.45) is 6.69. The zero-order valence-corrected chi connectivity index (χ0v) is 18.0. The first-order valence-corrected chi connectivity index (χ1v) is 11.7. The van der Waals surface area contributed by atoms with Gasteiger partial charge < -0.3 is 10.2 Å². The zero-order valence-electron chi connectivity index (χ0n) is 17.2. The van der Waals surface area contributed by atoms with Gasteiger partial charge in [-0.3, -0.25) is 9.59 Å². The molecule has 0 aromatic heterocycles. The molecule has 152 valence electrons. The van der Waals surface area contributed by atoms with Gasteiger partial charge in [0.25, 0.3) is 0 Å². The molecule has 2 amide bonds. The molecule has 1 N–H and O–H groups in total. The molecule has 1 atom stereocenters. The number of hydrogen-bond acceptors (Lipinski definition) is 3. The summed E-state index contributed by atoms with van der Waals surface area (Å²) >= 11 is 1.44. The van der Waals surface area contributed by atoms with Crippen LogP contribution in [0.2, 0.25) is 0 Å². The van der Waals surface area contributed by atoms with E-state index in [4.69, 9.17) is 0 Å². The second-order valence-corrected chi connectivity index (χ2v) is 10.6. The zero-order chi connectivity index (χ0) is 19.8. The topological polar surface area (TPSA) is 49.4 Å². The summed E-state index contributed by atoms with van der Waals surface area (Å²) in [5.41, 5.74) is 1.97. The van der Waals surface area contributed by atoms with E-state index in [1.807, 2.05) is 50.1 Å². The van der Waals surface area contributed by atoms with Crippen LogP contribution in [-0.2, 0) is 9.59 Å². The summed E-state index contributed by atoms with van der Waals surface area (Å²) in [7, 11) is 2.00. The van der Waals surface area contributed by atoms with Crippen LogP contribution in [-0.4, -0.2) is 40.8 Å². The van der Waals surface area contributed by atoms with Crippen LogP contribution in [0.4, 0.5) is 5.69 Å². The number of nitrogens with zero attached hydrogens (tertiary/aromatic N) is 1. The summed E-state index contributed by atoms with van der Waals surface area (Å²) in [5, 5.41) is 2.72. The van der Waals surface area contributed by atoms with E-state index in [0.29, 0.717) is 23.6 Å². The number of carbonyl (C=O) groups is 2. The van der Waals surface area contributed by atoms with Gasteiger partial charge in [-0.05, 0) is 81.8 Å². The van der Waals surface area contributed by atoms with Crippen LogP contribution in [0, 0.1) is 30.6 Å². The van der Waals surface area contributed by atoms with Gasteiger partial charge in [-0.1, -0.05) is 17.7 Å². The molecular formula is C23H32N2O2S. The Labute approximate surface area is 172 Å². The van der Waals surface area contributed by atoms with Gasteiger partial charge in [0, 0.05) is 18.8 Å². The van der Waals surface area contributed by atoms with Crippen LogP contribution in [0.1, 0.15) is 44.6 Å². The summed E-state index contributed by atoms with van der Waals surface area (Å²) < 4.78 is 0. The highest BCUT2D eigenvalue weighted by Gasteiger charge is 2.50. The first-order chi connectivity index (χ1) is 13.4. The standard InChI is InChI=1S/C23H32N2O2S/c1-14-4-6-20(7-5-14)24-21(26)13-28-15(2)23(27)25(3)22-18-9-16-8-17(11-18)12-19(22)10-16/h4-7,15-19,22H,8-13H2,1-3H3,(H,24,26). The maximum atomic E-state index is 13.0. The van der Waals surface area contributed by atoms with Crippen LogP contribution < -0.4 is 5.32 Å². The van der Waals surface area contributed by atoms with Crippen molar-refractivity contribution < 1.29 is 9.59 Å². The number of rotatable bonds is 6. The summed E-state index contributed by atoms with van der Waals surface area (Å²) in [6, 6.07) is 8.20. The molecule has 5 heteroatoms. The number of benzene rings is 1. The number of thioether (sulfide) groups is 1. The first kappa shape index (κ1) is 19.8. The van der Waals surface area contributed by atoms with Gasteiger partial charge in [0.1, 0.15) is 0 Å². The predicted octanol–water partition coefficient (Wildman–Crippen LogP) is 4.34. The monoisotopic (exact) mass is 400 g/mol. The van der Waals surface area contributed by atoms with Gasteiger partial charge in [0.15, 0.2) is 0 Å². The lowest BCUT2D eigenvalue weighted by molar-refractivity contribution is -0.140. The molecule has 1 aromatic rings. The predicted molar refractivity (Wildman–Crippen MR) is 115 cm³/mol. The van der Waals surface area contributed by atoms with Gasteiger partial charge in [-0.25, -0.2) is 0 Å². The highest BCUT2D eigenvalue weighted by Crippen LogP contribution is 2.55. The quantitative estimate of drug-likeness (QED) is 0.773. The Hall–Kier alpha value is -1.49. The van der Waals surface area contributed by atoms with E-state index in [2.05, 4.69) is 5.32 Å². The van der Waals surface area contributed by atoms with Gasteiger partial charge >= 0.3 is 0 Å². The van der Waals surface area contributed by atoms with E-state index in [0.717, 1.165) is 17.5 Å². The molecule has 4 nitrogen and oxygen atoms in total. The fourth-order valence-electron chi connectivity index (χ4n) is 6.07. The average Bonchev–Trinajstić information content (AvgIpc) is 2.66. The Morgan fingerprint density at radius 1 is 1.07 bits per heavy atom. The summed E-state index contributed by atoms with van der Waals surface area (Å²) in [6.45, 7) is 3.97. The second-order valence-electron chi connectivity index (χ2n) is 9.24. The molecule has 4 saturated carbocycles. The Kier molecular flexibility index (Phi) is 5.73. The number of aryl methyl sites for hydroxylation is 1. The molecule has 1 unspecified atom stereocenters. The molecule has 4 fully saturated rings. The molecular weight excluding hydrogens is 368 g/mol. The number of amides is 2. The van der Waals surface area contributed by atoms with Gasteiger partial charge in [0.05, 0.1) is 11.0 Å². The fourth-order valence-corrected chi connectivity index (χ4v) is 6.85. The van der Waals surface area contributed by atoms with Gasteiger partial charge in [-0.15, -0.1) is 11.8 Å². The maximum Gasteiger partial charge on any atom is 0.235 e. The van der Waals surface area contributed by atoms with Crippen LogP contribution in [0.3, 0.4) is 0 Å². The molecule has 0 saturated heterocycles. The van der Waals surface area contributed by atoms with Crippen LogP contribution >= 0.6 is 11.8 Å². The minimum absolute atomic E-state index is 0.0502. The molecule has 0 heterocycles. The van der Waals surface area contributed by atoms with E-state index in [-0.39, 0.29) is 17.1 Å². The Morgan fingerprint density at radius 2 is 1.64 bits per heavy atom. The highest BCUT2D eigenvalue weighted by molar-refractivity contribution is 8.01. The maximum absolute atomic E-state index is 13.0. The molecule has 0 spiro atoms. The fraction of sp³-hybridized carbons (Fsp3) is 0.652. The SMILES string of the molecule is Cc1ccc(NC(=O)CSC(C)C(=O)N(C)C2C3CC4CC(C3)CC2C4)cc1. The van der Waals surface area contributed by atoms with Crippen LogP contribution in [0.5, 0.6) is 0 Å². The molecule has 5 rings (SSSR count). The first-order valence-electron chi connectivity index (χ1n) is 10.7. The third-order valence-corrected chi connectivity index (χ3v) is 8.25. The van der Waals surface area contributed by atoms with E-state index in [1.54, 1.807) is 0 Å². The molecule has 4 aliphatic carbocycles. The molecule has 1 aromatic carbocycles. The summed E-state index contributed by atoms with van der Waals surface area (Å²) in [4.78, 5) is 27.3. The molecule has 28 heavy (non-hydrogen) atoms. The van der Waals surface area contributed by atoms with E-state index >= 15 is 0 Å². The van der Waals surface area contributed by atoms with Gasteiger partial charge in [-0.2, -0.15) is 0 Å². The van der Waals surface area contributed by atoms with E-state index in [1.165, 1.54) is 49.4 Å². The number of nitrogens with one attached hydrogen (secondary N) is 1. The van der Waals surface area contributed by atoms with Crippen LogP contribution in [0.25, 0.3) is 0 Å². The van der Waals surface area contributed by atoms with Crippen molar-refractivity contribution in [3.05, 3.63) is 29.8 Å². The van der Waals surface area contributed by atoms with Crippen LogP contribution in [0.15, 0.2) is 24.3 Å². The number of anilines is 1. The molecule has 4 bridgehead atoms. The largest absolute Gasteiger partial charge is 0.341 e. The van der Waals surface area contributed by atoms with Crippen molar-refractivity contribution in [1.82, 2.24) is 4.90 Å². The minimum atomic E-state index is -0.189. The van der Waals surface area contributed by atoms with E-state index < -0.39 is 0 Å². The van der Waals surface area contributed by atoms with Crippen molar-refractivity contribution in [3.63, 3.8) is 0 Å². The smallest absolute Gasteiger partial charge is 0.235 e. The number of hydrogen-bond donors (Lipinski definition) is 1. The Morgan fingerprint density at radius 3 is 2.21 bits per heavy atom. The third-order valence-electron chi connectivity index (χ3n) is 7.12. The minimum Gasteiger partial charge on any atom is -0.341 e. The normalized spacial score (nSPS) is 31.5. The summed E-state index contributed by atoms with van der Waals surface area (Å²) in [5.74, 6) is 3.67. The lowest BCUT2D eigenvalue weighted by atomic mass is 9.54. The third kappa shape index (κ3) is 4.10. The average molecular weight is 401 g/mol. The Bertz CT molecular complexity index is 705. The highest BCUT2D eigenvalue weighted by atomic mass is 32.2. The van der Waals surface area contributed by atoms with Crippen molar-refractivity contribution in [1.29, 1.82) is 0 Å². The van der Waals surface area contributed by atoms with Crippen molar-refractivity contribution in [2.45, 2.75) is 57.2 Å². The molecule has 0 radical (unpaired) electrons. The lowest BCUT2D eigenvalue weighted by Gasteiger charge is -2.56. The van der Waals surface area contributed by atoms with Crippen molar-refractivity contribution in [2.75, 3.05) is 18.1 Å². The van der Waals surface area contributed by atoms with Gasteiger partial charge in [0.2, 0.25) is 11.8 Å². The molecule has 4 aliphatic rings. The van der Waals surface area contributed by atoms with Crippen molar-refractivity contribution >= 4 is 29.3 Å². The number of carbonyl (C=O) groups excluding carboxylic acids is 2. The molecule has 0 aliphatic heterocycles. The van der Waals surface area contributed by atoms with Crippen molar-refractivity contribution in [2.24, 2.45) is 23.7 Å². The Balaban J connectivity index is 1.28. The van der Waals surface area contributed by atoms with Crippen molar-refractivity contribution in [3.8, 4) is 0 Å². The van der Waals surface area contributed by atoms with E-state index in [9.17, 15) is 9.59 Å².